The van der Waals surface area contributed by atoms with Gasteiger partial charge >= 0.3 is 0 Å². The minimum absolute atomic E-state index is 0.250. The van der Waals surface area contributed by atoms with Crippen molar-refractivity contribution >= 4 is 11.7 Å². The Bertz CT molecular complexity index is 1130. The van der Waals surface area contributed by atoms with Gasteiger partial charge in [-0.3, -0.25) is 14.3 Å². The Labute approximate surface area is 176 Å². The van der Waals surface area contributed by atoms with Crippen molar-refractivity contribution in [3.63, 3.8) is 0 Å². The topological polar surface area (TPSA) is 64.0 Å². The number of benzene rings is 2. The summed E-state index contributed by atoms with van der Waals surface area (Å²) in [5.74, 6) is -0.174. The van der Waals surface area contributed by atoms with Crippen molar-refractivity contribution in [3.8, 4) is 0 Å². The predicted octanol–water partition coefficient (Wildman–Crippen LogP) is 3.63. The predicted molar refractivity (Wildman–Crippen MR) is 115 cm³/mol. The third-order valence-corrected chi connectivity index (χ3v) is 6.89. The summed E-state index contributed by atoms with van der Waals surface area (Å²) in [6, 6.07) is 17.3. The van der Waals surface area contributed by atoms with E-state index in [4.69, 9.17) is 0 Å². The number of amides is 1. The highest BCUT2D eigenvalue weighted by atomic mass is 16.2. The molecule has 3 aliphatic carbocycles. The molecule has 152 valence electrons. The third-order valence-electron chi connectivity index (χ3n) is 6.89. The number of carbonyl (C=O) groups excluding carboxylic acids is 2. The van der Waals surface area contributed by atoms with Crippen molar-refractivity contribution in [2.24, 2.45) is 13.0 Å². The van der Waals surface area contributed by atoms with Crippen molar-refractivity contribution in [1.29, 1.82) is 0 Å². The summed E-state index contributed by atoms with van der Waals surface area (Å²) >= 11 is 0. The summed E-state index contributed by atoms with van der Waals surface area (Å²) < 4.78 is 1.64. The van der Waals surface area contributed by atoms with Crippen LogP contribution < -0.4 is 5.32 Å². The highest BCUT2D eigenvalue weighted by Gasteiger charge is 2.43. The van der Waals surface area contributed by atoms with Crippen LogP contribution in [0.15, 0.2) is 48.5 Å². The zero-order valence-corrected chi connectivity index (χ0v) is 17.5. The van der Waals surface area contributed by atoms with Crippen LogP contribution in [0.3, 0.4) is 0 Å². The SMILES string of the molecule is Cc1nn(C)c(C)c1C(=O)C(=O)NCC1CC2c3ccccc3C1c1ccccc12. The molecule has 5 heteroatoms. The summed E-state index contributed by atoms with van der Waals surface area (Å²) in [7, 11) is 1.78. The molecule has 0 radical (unpaired) electrons. The maximum atomic E-state index is 12.8. The normalized spacial score (nSPS) is 21.1. The van der Waals surface area contributed by atoms with E-state index >= 15 is 0 Å². The number of nitrogens with zero attached hydrogens (tertiary/aromatic N) is 2. The largest absolute Gasteiger partial charge is 0.349 e. The van der Waals surface area contributed by atoms with Gasteiger partial charge in [-0.15, -0.1) is 0 Å². The number of nitrogens with one attached hydrogen (secondary N) is 1. The van der Waals surface area contributed by atoms with Crippen LogP contribution in [0.25, 0.3) is 0 Å². The van der Waals surface area contributed by atoms with Gasteiger partial charge in [-0.05, 0) is 48.4 Å². The van der Waals surface area contributed by atoms with E-state index in [0.717, 1.165) is 6.42 Å². The first-order chi connectivity index (χ1) is 14.5. The summed E-state index contributed by atoms with van der Waals surface area (Å²) in [5.41, 5.74) is 7.25. The molecule has 5 nitrogen and oxygen atoms in total. The smallest absolute Gasteiger partial charge is 0.292 e. The molecule has 0 saturated heterocycles. The Morgan fingerprint density at radius 2 is 1.57 bits per heavy atom. The number of aromatic nitrogens is 2. The molecule has 0 aliphatic heterocycles. The number of Topliss-reactive ketones (excluding diaryl/α,β-unsaturated/α-hetero) is 1. The van der Waals surface area contributed by atoms with E-state index in [9.17, 15) is 9.59 Å². The Morgan fingerprint density at radius 1 is 1.00 bits per heavy atom. The average molecular weight is 399 g/mol. The highest BCUT2D eigenvalue weighted by Crippen LogP contribution is 2.55. The lowest BCUT2D eigenvalue weighted by molar-refractivity contribution is -0.117. The zero-order valence-electron chi connectivity index (χ0n) is 17.5. The van der Waals surface area contributed by atoms with Crippen LogP contribution in [0.4, 0.5) is 0 Å². The van der Waals surface area contributed by atoms with Gasteiger partial charge in [0.1, 0.15) is 0 Å². The molecule has 1 heterocycles. The Kier molecular flexibility index (Phi) is 4.35. The quantitative estimate of drug-likeness (QED) is 0.538. The Balaban J connectivity index is 1.39. The van der Waals surface area contributed by atoms with Gasteiger partial charge in [0.05, 0.1) is 11.3 Å². The monoisotopic (exact) mass is 399 g/mol. The first kappa shape index (κ1) is 18.8. The van der Waals surface area contributed by atoms with Gasteiger partial charge in [-0.2, -0.15) is 5.10 Å². The minimum atomic E-state index is -0.544. The van der Waals surface area contributed by atoms with Crippen molar-refractivity contribution in [2.45, 2.75) is 32.1 Å². The van der Waals surface area contributed by atoms with Crippen LogP contribution in [0.1, 0.15) is 62.3 Å². The molecule has 3 aromatic rings. The molecule has 0 saturated carbocycles. The summed E-state index contributed by atoms with van der Waals surface area (Å²) in [6.45, 7) is 4.07. The van der Waals surface area contributed by atoms with Crippen LogP contribution in [0.5, 0.6) is 0 Å². The fraction of sp³-hybridized carbons (Fsp3) is 0.320. The van der Waals surface area contributed by atoms with Crippen molar-refractivity contribution in [1.82, 2.24) is 15.1 Å². The molecule has 2 aromatic carbocycles. The molecule has 6 rings (SSSR count). The fourth-order valence-electron chi connectivity index (χ4n) is 5.48. The van der Waals surface area contributed by atoms with Crippen molar-refractivity contribution < 1.29 is 9.59 Å². The molecule has 0 fully saturated rings. The molecule has 1 N–H and O–H groups in total. The van der Waals surface area contributed by atoms with E-state index in [0.29, 0.717) is 29.4 Å². The van der Waals surface area contributed by atoms with Crippen LogP contribution in [-0.4, -0.2) is 28.0 Å². The fourth-order valence-corrected chi connectivity index (χ4v) is 5.48. The van der Waals surface area contributed by atoms with Gasteiger partial charge in [0.25, 0.3) is 11.7 Å². The standard InChI is InChI=1S/C25H25N3O2/c1-14-22(15(2)28(3)27-14)24(29)25(30)26-13-16-12-21-17-8-4-6-10-19(17)23(16)20-11-7-5-9-18(20)21/h4-11,16,21,23H,12-13H2,1-3H3,(H,26,30). The van der Waals surface area contributed by atoms with Gasteiger partial charge < -0.3 is 5.32 Å². The number of ketones is 1. The van der Waals surface area contributed by atoms with E-state index in [1.54, 1.807) is 18.7 Å². The summed E-state index contributed by atoms with van der Waals surface area (Å²) in [6.07, 6.45) is 0.984. The van der Waals surface area contributed by atoms with Crippen molar-refractivity contribution in [2.75, 3.05) is 6.54 Å². The molecule has 2 bridgehead atoms. The molecule has 1 aromatic heterocycles. The van der Waals surface area contributed by atoms with E-state index in [1.165, 1.54) is 22.3 Å². The second-order valence-corrected chi connectivity index (χ2v) is 8.49. The molecular weight excluding hydrogens is 374 g/mol. The number of aryl methyl sites for hydroxylation is 2. The lowest BCUT2D eigenvalue weighted by Gasteiger charge is -2.45. The molecule has 0 spiro atoms. The second kappa shape index (κ2) is 6.94. The van der Waals surface area contributed by atoms with Crippen LogP contribution in [0.2, 0.25) is 0 Å². The van der Waals surface area contributed by atoms with Gasteiger partial charge in [-0.25, -0.2) is 0 Å². The minimum Gasteiger partial charge on any atom is -0.349 e. The zero-order chi connectivity index (χ0) is 21.0. The molecule has 1 atom stereocenters. The number of rotatable bonds is 4. The maximum absolute atomic E-state index is 12.8. The maximum Gasteiger partial charge on any atom is 0.292 e. The van der Waals surface area contributed by atoms with E-state index < -0.39 is 11.7 Å². The average Bonchev–Trinajstić information content (AvgIpc) is 3.02. The summed E-state index contributed by atoms with van der Waals surface area (Å²) in [4.78, 5) is 25.5. The Hall–Kier alpha value is -3.21. The highest BCUT2D eigenvalue weighted by molar-refractivity contribution is 6.43. The number of carbonyl (C=O) groups is 2. The van der Waals surface area contributed by atoms with E-state index in [2.05, 4.69) is 58.9 Å². The lowest BCUT2D eigenvalue weighted by Crippen LogP contribution is -2.41. The van der Waals surface area contributed by atoms with E-state index in [1.807, 2.05) is 6.92 Å². The van der Waals surface area contributed by atoms with Crippen LogP contribution in [-0.2, 0) is 11.8 Å². The van der Waals surface area contributed by atoms with Crippen LogP contribution >= 0.6 is 0 Å². The molecule has 30 heavy (non-hydrogen) atoms. The van der Waals surface area contributed by atoms with Gasteiger partial charge in [-0.1, -0.05) is 48.5 Å². The molecule has 1 unspecified atom stereocenters. The number of hydrogen-bond donors (Lipinski definition) is 1. The number of hydrogen-bond acceptors (Lipinski definition) is 3. The Morgan fingerprint density at radius 3 is 2.10 bits per heavy atom. The lowest BCUT2D eigenvalue weighted by atomic mass is 9.59. The third kappa shape index (κ3) is 2.72. The molecule has 3 aliphatic rings. The number of fused-ring (bicyclic) bond motifs is 1. The van der Waals surface area contributed by atoms with Gasteiger partial charge in [0.15, 0.2) is 0 Å². The van der Waals surface area contributed by atoms with E-state index in [-0.39, 0.29) is 11.8 Å². The van der Waals surface area contributed by atoms with Crippen LogP contribution in [0, 0.1) is 19.8 Å². The second-order valence-electron chi connectivity index (χ2n) is 8.49. The first-order valence-electron chi connectivity index (χ1n) is 10.5. The van der Waals surface area contributed by atoms with Gasteiger partial charge in [0.2, 0.25) is 0 Å². The van der Waals surface area contributed by atoms with Crippen molar-refractivity contribution in [3.05, 3.63) is 87.7 Å². The van der Waals surface area contributed by atoms with Gasteiger partial charge in [0, 0.05) is 31.1 Å². The summed E-state index contributed by atoms with van der Waals surface area (Å²) in [5, 5.41) is 7.20. The molecule has 1 amide bonds. The first-order valence-corrected chi connectivity index (χ1v) is 10.5. The molecular formula is C25H25N3O2.